The molecule has 0 aromatic heterocycles. The average Bonchev–Trinajstić information content (AvgIpc) is 2.97. The van der Waals surface area contributed by atoms with Crippen molar-refractivity contribution in [2.45, 2.75) is 89.9 Å². The van der Waals surface area contributed by atoms with E-state index >= 15 is 0 Å². The fourth-order valence-electron chi connectivity index (χ4n) is 6.30. The van der Waals surface area contributed by atoms with Gasteiger partial charge < -0.3 is 9.84 Å². The number of benzene rings is 3. The van der Waals surface area contributed by atoms with E-state index in [2.05, 4.69) is 80.6 Å². The molecular formula is C36H48O2. The van der Waals surface area contributed by atoms with Gasteiger partial charge in [0.2, 0.25) is 0 Å². The van der Waals surface area contributed by atoms with Crippen molar-refractivity contribution in [3.63, 3.8) is 0 Å². The van der Waals surface area contributed by atoms with Gasteiger partial charge in [0.1, 0.15) is 0 Å². The highest BCUT2D eigenvalue weighted by Crippen LogP contribution is 2.41. The van der Waals surface area contributed by atoms with E-state index in [0.717, 1.165) is 12.8 Å². The van der Waals surface area contributed by atoms with Crippen molar-refractivity contribution < 1.29 is 9.84 Å². The number of hydrogen-bond acceptors (Lipinski definition) is 2. The Morgan fingerprint density at radius 2 is 1.42 bits per heavy atom. The van der Waals surface area contributed by atoms with Crippen molar-refractivity contribution in [2.24, 2.45) is 5.92 Å². The number of unbranched alkanes of at least 4 members (excludes halogenated alkanes) is 2. The molecule has 1 fully saturated rings. The van der Waals surface area contributed by atoms with E-state index in [1.807, 2.05) is 0 Å². The average molecular weight is 513 g/mol. The number of ether oxygens (including phenoxy) is 1. The SMILES string of the molecule is CCCCCc1ccc(-c2ccc(C3CCC(c4ccc(CC(CO)COC)cc4)CC3)cc2CC)cc1. The minimum atomic E-state index is 0.172. The van der Waals surface area contributed by atoms with Gasteiger partial charge in [-0.05, 0) is 102 Å². The monoisotopic (exact) mass is 512 g/mol. The Morgan fingerprint density at radius 3 is 2.03 bits per heavy atom. The van der Waals surface area contributed by atoms with Crippen molar-refractivity contribution in [1.82, 2.24) is 0 Å². The maximum atomic E-state index is 9.56. The van der Waals surface area contributed by atoms with E-state index in [0.29, 0.717) is 18.4 Å². The molecule has 204 valence electrons. The summed E-state index contributed by atoms with van der Waals surface area (Å²) in [4.78, 5) is 0. The molecule has 0 spiro atoms. The summed E-state index contributed by atoms with van der Waals surface area (Å²) in [7, 11) is 1.70. The number of aliphatic hydroxyl groups excluding tert-OH is 1. The standard InChI is InChI=1S/C36H48O2/c1-4-6-7-8-27-9-15-34(16-10-27)36-22-21-35(24-30(36)5-2)33-19-17-32(18-20-33)31-13-11-28(12-14-31)23-29(25-37)26-38-3/h9-16,21-22,24,29,32-33,37H,4-8,17-20,23,25-26H2,1-3H3. The van der Waals surface area contributed by atoms with Crippen LogP contribution in [0.4, 0.5) is 0 Å². The third-order valence-corrected chi connectivity index (χ3v) is 8.68. The number of methoxy groups -OCH3 is 1. The fraction of sp³-hybridized carbons (Fsp3) is 0.500. The van der Waals surface area contributed by atoms with Crippen LogP contribution in [0.1, 0.15) is 98.4 Å². The van der Waals surface area contributed by atoms with Crippen molar-refractivity contribution in [1.29, 1.82) is 0 Å². The lowest BCUT2D eigenvalue weighted by atomic mass is 9.75. The quantitative estimate of drug-likeness (QED) is 0.232. The number of aryl methyl sites for hydroxylation is 2. The highest BCUT2D eigenvalue weighted by atomic mass is 16.5. The molecule has 1 unspecified atom stereocenters. The van der Waals surface area contributed by atoms with Crippen LogP contribution in [0.15, 0.2) is 66.7 Å². The Morgan fingerprint density at radius 1 is 0.789 bits per heavy atom. The largest absolute Gasteiger partial charge is 0.396 e. The number of hydrogen-bond donors (Lipinski definition) is 1. The molecule has 1 aliphatic rings. The third-order valence-electron chi connectivity index (χ3n) is 8.68. The van der Waals surface area contributed by atoms with E-state index < -0.39 is 0 Å². The molecule has 0 saturated heterocycles. The normalized spacial score (nSPS) is 18.4. The predicted molar refractivity (Wildman–Crippen MR) is 161 cm³/mol. The van der Waals surface area contributed by atoms with Gasteiger partial charge in [0.25, 0.3) is 0 Å². The molecule has 0 aliphatic heterocycles. The molecule has 1 atom stereocenters. The zero-order valence-corrected chi connectivity index (χ0v) is 23.9. The molecule has 2 heteroatoms. The fourth-order valence-corrected chi connectivity index (χ4v) is 6.30. The van der Waals surface area contributed by atoms with E-state index in [9.17, 15) is 5.11 Å². The van der Waals surface area contributed by atoms with Gasteiger partial charge >= 0.3 is 0 Å². The topological polar surface area (TPSA) is 29.5 Å². The first-order chi connectivity index (χ1) is 18.6. The minimum Gasteiger partial charge on any atom is -0.396 e. The lowest BCUT2D eigenvalue weighted by Crippen LogP contribution is -2.16. The van der Waals surface area contributed by atoms with E-state index in [1.165, 1.54) is 90.3 Å². The van der Waals surface area contributed by atoms with Crippen LogP contribution in [0.25, 0.3) is 11.1 Å². The summed E-state index contributed by atoms with van der Waals surface area (Å²) in [6.45, 7) is 5.34. The first-order valence-electron chi connectivity index (χ1n) is 15.1. The van der Waals surface area contributed by atoms with Gasteiger partial charge in [0.15, 0.2) is 0 Å². The van der Waals surface area contributed by atoms with Crippen LogP contribution in [0.3, 0.4) is 0 Å². The first kappa shape index (κ1) is 28.6. The molecule has 0 bridgehead atoms. The molecule has 1 N–H and O–H groups in total. The van der Waals surface area contributed by atoms with Crippen molar-refractivity contribution in [3.05, 3.63) is 94.5 Å². The number of rotatable bonds is 13. The van der Waals surface area contributed by atoms with Crippen LogP contribution in [0.2, 0.25) is 0 Å². The van der Waals surface area contributed by atoms with Crippen LogP contribution >= 0.6 is 0 Å². The van der Waals surface area contributed by atoms with E-state index in [-0.39, 0.29) is 12.5 Å². The van der Waals surface area contributed by atoms with Gasteiger partial charge in [-0.3, -0.25) is 0 Å². The summed E-state index contributed by atoms with van der Waals surface area (Å²) in [6, 6.07) is 25.8. The van der Waals surface area contributed by atoms with Crippen molar-refractivity contribution >= 4 is 0 Å². The Kier molecular flexibility index (Phi) is 11.0. The number of aliphatic hydroxyl groups is 1. The van der Waals surface area contributed by atoms with Crippen LogP contribution in [0, 0.1) is 5.92 Å². The molecule has 2 nitrogen and oxygen atoms in total. The molecule has 3 aromatic carbocycles. The third kappa shape index (κ3) is 7.58. The summed E-state index contributed by atoms with van der Waals surface area (Å²) in [5.41, 5.74) is 9.99. The Bertz CT molecular complexity index is 1090. The molecule has 3 aromatic rings. The molecule has 0 amide bonds. The molecule has 1 saturated carbocycles. The highest BCUT2D eigenvalue weighted by Gasteiger charge is 2.24. The Hall–Kier alpha value is -2.42. The Labute approximate surface area is 231 Å². The Balaban J connectivity index is 1.35. The summed E-state index contributed by atoms with van der Waals surface area (Å²) >= 11 is 0. The lowest BCUT2D eigenvalue weighted by molar-refractivity contribution is 0.110. The van der Waals surface area contributed by atoms with E-state index in [1.54, 1.807) is 7.11 Å². The maximum absolute atomic E-state index is 9.56. The summed E-state index contributed by atoms with van der Waals surface area (Å²) in [5.74, 6) is 1.51. The molecule has 0 heterocycles. The predicted octanol–water partition coefficient (Wildman–Crippen LogP) is 8.89. The highest BCUT2D eigenvalue weighted by molar-refractivity contribution is 5.68. The summed E-state index contributed by atoms with van der Waals surface area (Å²) in [6.07, 6.45) is 12.1. The first-order valence-corrected chi connectivity index (χ1v) is 15.1. The minimum absolute atomic E-state index is 0.172. The van der Waals surface area contributed by atoms with Crippen LogP contribution in [0.5, 0.6) is 0 Å². The van der Waals surface area contributed by atoms with Crippen LogP contribution in [-0.2, 0) is 24.0 Å². The van der Waals surface area contributed by atoms with Gasteiger partial charge in [-0.2, -0.15) is 0 Å². The zero-order chi connectivity index (χ0) is 26.7. The smallest absolute Gasteiger partial charge is 0.0515 e. The molecule has 1 aliphatic carbocycles. The molecular weight excluding hydrogens is 464 g/mol. The second kappa shape index (κ2) is 14.7. The summed E-state index contributed by atoms with van der Waals surface area (Å²) in [5, 5.41) is 9.56. The van der Waals surface area contributed by atoms with Crippen LogP contribution in [-0.4, -0.2) is 25.4 Å². The van der Waals surface area contributed by atoms with Gasteiger partial charge in [0.05, 0.1) is 6.61 Å². The van der Waals surface area contributed by atoms with Gasteiger partial charge in [-0.1, -0.05) is 93.4 Å². The summed E-state index contributed by atoms with van der Waals surface area (Å²) < 4.78 is 5.24. The maximum Gasteiger partial charge on any atom is 0.0515 e. The second-order valence-corrected chi connectivity index (χ2v) is 11.4. The molecule has 4 rings (SSSR count). The zero-order valence-electron chi connectivity index (χ0n) is 23.9. The van der Waals surface area contributed by atoms with Gasteiger partial charge in [-0.25, -0.2) is 0 Å². The molecule has 38 heavy (non-hydrogen) atoms. The van der Waals surface area contributed by atoms with Crippen molar-refractivity contribution in [2.75, 3.05) is 20.3 Å². The van der Waals surface area contributed by atoms with Crippen molar-refractivity contribution in [3.8, 4) is 11.1 Å². The van der Waals surface area contributed by atoms with Crippen LogP contribution < -0.4 is 0 Å². The second-order valence-electron chi connectivity index (χ2n) is 11.4. The molecule has 0 radical (unpaired) electrons. The van der Waals surface area contributed by atoms with E-state index in [4.69, 9.17) is 4.74 Å². The van der Waals surface area contributed by atoms with Gasteiger partial charge in [-0.15, -0.1) is 0 Å². The lowest BCUT2D eigenvalue weighted by Gasteiger charge is -2.30. The van der Waals surface area contributed by atoms with Gasteiger partial charge in [0, 0.05) is 19.6 Å².